The number of carbonyl (C=O) groups excluding carboxylic acids is 1. The number of hydrogen-bond acceptors (Lipinski definition) is 5. The van der Waals surface area contributed by atoms with Crippen molar-refractivity contribution in [3.8, 4) is 0 Å². The molecule has 0 unspecified atom stereocenters. The maximum absolute atomic E-state index is 11.0. The molecule has 0 aromatic rings. The predicted molar refractivity (Wildman–Crippen MR) is 42.7 cm³/mol. The molecule has 0 aromatic carbocycles. The standard InChI is InChI=1S/C8H10O5/c1-3-4(9)6-5(10)7(12-2)8(11)13-6/h3-4,7,9-10H,1H2,2H3/t4-,7-/m1/s1. The summed E-state index contributed by atoms with van der Waals surface area (Å²) in [5.74, 6) is -1.36. The maximum Gasteiger partial charge on any atom is 0.348 e. The van der Waals surface area contributed by atoms with E-state index in [1.165, 1.54) is 7.11 Å². The molecule has 0 aromatic heterocycles. The van der Waals surface area contributed by atoms with Crippen LogP contribution in [0.3, 0.4) is 0 Å². The van der Waals surface area contributed by atoms with Gasteiger partial charge in [-0.1, -0.05) is 6.08 Å². The molecular formula is C8H10O5. The molecule has 1 heterocycles. The third-order valence-corrected chi connectivity index (χ3v) is 1.65. The average molecular weight is 186 g/mol. The first-order valence-electron chi connectivity index (χ1n) is 3.60. The van der Waals surface area contributed by atoms with Crippen LogP contribution in [-0.4, -0.2) is 35.5 Å². The molecule has 1 aliphatic heterocycles. The lowest BCUT2D eigenvalue weighted by atomic mass is 10.2. The fourth-order valence-corrected chi connectivity index (χ4v) is 0.982. The lowest BCUT2D eigenvalue weighted by Gasteiger charge is -2.04. The molecule has 1 aliphatic rings. The highest BCUT2D eigenvalue weighted by Crippen LogP contribution is 2.23. The highest BCUT2D eigenvalue weighted by Gasteiger charge is 2.38. The van der Waals surface area contributed by atoms with Crippen LogP contribution >= 0.6 is 0 Å². The zero-order valence-electron chi connectivity index (χ0n) is 7.06. The predicted octanol–water partition coefficient (Wildman–Crippen LogP) is -0.125. The van der Waals surface area contributed by atoms with Gasteiger partial charge < -0.3 is 19.7 Å². The van der Waals surface area contributed by atoms with E-state index < -0.39 is 23.9 Å². The van der Waals surface area contributed by atoms with E-state index in [0.29, 0.717) is 0 Å². The highest BCUT2D eigenvalue weighted by atomic mass is 16.6. The second-order valence-electron chi connectivity index (χ2n) is 2.47. The Balaban J connectivity index is 2.92. The molecular weight excluding hydrogens is 176 g/mol. The second kappa shape index (κ2) is 3.59. The summed E-state index contributed by atoms with van der Waals surface area (Å²) in [6.07, 6.45) is -1.19. The van der Waals surface area contributed by atoms with Gasteiger partial charge in [-0.3, -0.25) is 0 Å². The van der Waals surface area contributed by atoms with Crippen LogP contribution in [0.25, 0.3) is 0 Å². The Kier molecular flexibility index (Phi) is 2.69. The summed E-state index contributed by atoms with van der Waals surface area (Å²) in [4.78, 5) is 11.0. The minimum absolute atomic E-state index is 0.216. The second-order valence-corrected chi connectivity index (χ2v) is 2.47. The van der Waals surface area contributed by atoms with E-state index >= 15 is 0 Å². The summed E-state index contributed by atoms with van der Waals surface area (Å²) < 4.78 is 9.21. The fraction of sp³-hybridized carbons (Fsp3) is 0.375. The minimum Gasteiger partial charge on any atom is -0.506 e. The monoisotopic (exact) mass is 186 g/mol. The molecule has 2 atom stereocenters. The number of esters is 1. The summed E-state index contributed by atoms with van der Waals surface area (Å²) in [6, 6.07) is 0. The van der Waals surface area contributed by atoms with Crippen molar-refractivity contribution in [2.24, 2.45) is 0 Å². The van der Waals surface area contributed by atoms with Gasteiger partial charge in [-0.2, -0.15) is 0 Å². The summed E-state index contributed by atoms with van der Waals surface area (Å²) in [6.45, 7) is 3.29. The molecule has 0 bridgehead atoms. The van der Waals surface area contributed by atoms with Gasteiger partial charge in [-0.05, 0) is 0 Å². The van der Waals surface area contributed by atoms with Crippen LogP contribution in [0.2, 0.25) is 0 Å². The molecule has 0 radical (unpaired) electrons. The van der Waals surface area contributed by atoms with Gasteiger partial charge >= 0.3 is 5.97 Å². The van der Waals surface area contributed by atoms with Crippen molar-refractivity contribution in [1.82, 2.24) is 0 Å². The number of cyclic esters (lactones) is 1. The van der Waals surface area contributed by atoms with E-state index in [4.69, 9.17) is 0 Å². The number of methoxy groups -OCH3 is 1. The zero-order chi connectivity index (χ0) is 10.0. The number of rotatable bonds is 3. The molecule has 0 aliphatic carbocycles. The Morgan fingerprint density at radius 1 is 1.77 bits per heavy atom. The Bertz CT molecular complexity index is 268. The van der Waals surface area contributed by atoms with Crippen LogP contribution in [0.1, 0.15) is 0 Å². The van der Waals surface area contributed by atoms with Crippen LogP contribution in [0.15, 0.2) is 24.2 Å². The molecule has 5 nitrogen and oxygen atoms in total. The summed E-state index contributed by atoms with van der Waals surface area (Å²) >= 11 is 0. The van der Waals surface area contributed by atoms with Crippen LogP contribution < -0.4 is 0 Å². The van der Waals surface area contributed by atoms with Crippen molar-refractivity contribution < 1.29 is 24.5 Å². The van der Waals surface area contributed by atoms with E-state index in [1.54, 1.807) is 0 Å². The number of ether oxygens (including phenoxy) is 2. The van der Waals surface area contributed by atoms with Crippen LogP contribution in [0.5, 0.6) is 0 Å². The third kappa shape index (κ3) is 1.56. The quantitative estimate of drug-likeness (QED) is 0.474. The van der Waals surface area contributed by atoms with Crippen LogP contribution in [0.4, 0.5) is 0 Å². The normalized spacial score (nSPS) is 24.5. The summed E-state index contributed by atoms with van der Waals surface area (Å²) in [5, 5.41) is 18.5. The molecule has 0 saturated carbocycles. The lowest BCUT2D eigenvalue weighted by molar-refractivity contribution is -0.146. The zero-order valence-corrected chi connectivity index (χ0v) is 7.06. The molecule has 1 rings (SSSR count). The minimum atomic E-state index is -1.19. The number of aliphatic hydroxyl groups excluding tert-OH is 2. The first-order chi connectivity index (χ1) is 6.11. The Hall–Kier alpha value is -1.33. The molecule has 72 valence electrons. The molecule has 0 fully saturated rings. The highest BCUT2D eigenvalue weighted by molar-refractivity contribution is 5.82. The fourth-order valence-electron chi connectivity index (χ4n) is 0.982. The van der Waals surface area contributed by atoms with E-state index in [0.717, 1.165) is 6.08 Å². The van der Waals surface area contributed by atoms with Crippen molar-refractivity contribution in [2.45, 2.75) is 12.2 Å². The van der Waals surface area contributed by atoms with Crippen LogP contribution in [-0.2, 0) is 14.3 Å². The van der Waals surface area contributed by atoms with Crippen molar-refractivity contribution in [1.29, 1.82) is 0 Å². The van der Waals surface area contributed by atoms with E-state index in [9.17, 15) is 15.0 Å². The van der Waals surface area contributed by atoms with Crippen LogP contribution in [0, 0.1) is 0 Å². The number of aliphatic hydroxyl groups is 2. The van der Waals surface area contributed by atoms with Crippen molar-refractivity contribution in [3.05, 3.63) is 24.2 Å². The molecule has 0 spiro atoms. The van der Waals surface area contributed by atoms with Gasteiger partial charge in [0.2, 0.25) is 6.10 Å². The van der Waals surface area contributed by atoms with Gasteiger partial charge in [0.05, 0.1) is 0 Å². The van der Waals surface area contributed by atoms with Gasteiger partial charge in [-0.25, -0.2) is 4.79 Å². The molecule has 0 saturated heterocycles. The van der Waals surface area contributed by atoms with Crippen molar-refractivity contribution in [2.75, 3.05) is 7.11 Å². The Labute approximate surface area is 74.9 Å². The SMILES string of the molecule is C=C[C@@H](O)C1=C(O)[C@@H](OC)C(=O)O1. The number of carbonyl (C=O) groups is 1. The average Bonchev–Trinajstić information content (AvgIpc) is 2.40. The Morgan fingerprint density at radius 3 is 2.77 bits per heavy atom. The smallest absolute Gasteiger partial charge is 0.348 e. The first-order valence-corrected chi connectivity index (χ1v) is 3.60. The van der Waals surface area contributed by atoms with Crippen molar-refractivity contribution in [3.63, 3.8) is 0 Å². The lowest BCUT2D eigenvalue weighted by Crippen LogP contribution is -2.20. The molecule has 5 heteroatoms. The van der Waals surface area contributed by atoms with E-state index in [2.05, 4.69) is 16.1 Å². The van der Waals surface area contributed by atoms with E-state index in [1.807, 2.05) is 0 Å². The summed E-state index contributed by atoms with van der Waals surface area (Å²) in [5.41, 5.74) is 0. The number of hydrogen-bond donors (Lipinski definition) is 2. The Morgan fingerprint density at radius 2 is 2.38 bits per heavy atom. The largest absolute Gasteiger partial charge is 0.506 e. The third-order valence-electron chi connectivity index (χ3n) is 1.65. The van der Waals surface area contributed by atoms with Crippen molar-refractivity contribution >= 4 is 5.97 Å². The van der Waals surface area contributed by atoms with Gasteiger partial charge in [-0.15, -0.1) is 6.58 Å². The first kappa shape index (κ1) is 9.76. The summed E-state index contributed by atoms with van der Waals surface area (Å²) in [7, 11) is 1.26. The topological polar surface area (TPSA) is 76.0 Å². The van der Waals surface area contributed by atoms with Gasteiger partial charge in [0.1, 0.15) is 6.10 Å². The molecule has 13 heavy (non-hydrogen) atoms. The van der Waals surface area contributed by atoms with Gasteiger partial charge in [0.15, 0.2) is 11.5 Å². The maximum atomic E-state index is 11.0. The van der Waals surface area contributed by atoms with E-state index in [-0.39, 0.29) is 5.76 Å². The molecule has 2 N–H and O–H groups in total. The molecule has 0 amide bonds. The van der Waals surface area contributed by atoms with Gasteiger partial charge in [0, 0.05) is 7.11 Å². The van der Waals surface area contributed by atoms with Gasteiger partial charge in [0.25, 0.3) is 0 Å².